The van der Waals surface area contributed by atoms with Crippen LogP contribution in [-0.2, 0) is 0 Å². The van der Waals surface area contributed by atoms with Crippen LogP contribution < -0.4 is 15.0 Å². The number of H-pyrrole nitrogens is 1. The van der Waals surface area contributed by atoms with E-state index in [-0.39, 0.29) is 0 Å². The molecule has 0 aliphatic rings. The van der Waals surface area contributed by atoms with Crippen LogP contribution in [0.15, 0.2) is 52.0 Å². The minimum atomic E-state index is 0.409. The Bertz CT molecular complexity index is 998. The molecular formula is C18H18BrN5O2S. The summed E-state index contributed by atoms with van der Waals surface area (Å²) in [6, 6.07) is 13.3. The Hall–Kier alpha value is -2.65. The normalized spacial score (nSPS) is 10.9. The first-order valence-electron chi connectivity index (χ1n) is 8.15. The first-order chi connectivity index (χ1) is 13.1. The third kappa shape index (κ3) is 4.55. The topological polar surface area (TPSA) is 76.5 Å². The summed E-state index contributed by atoms with van der Waals surface area (Å²) in [5, 5.41) is 11.3. The first-order valence-corrected chi connectivity index (χ1v) is 9.35. The van der Waals surface area contributed by atoms with Gasteiger partial charge in [0.05, 0.1) is 24.4 Å². The monoisotopic (exact) mass is 447 g/mol. The second kappa shape index (κ2) is 8.83. The van der Waals surface area contributed by atoms with Gasteiger partial charge in [-0.1, -0.05) is 0 Å². The summed E-state index contributed by atoms with van der Waals surface area (Å²) in [4.78, 5) is 0. The van der Waals surface area contributed by atoms with Gasteiger partial charge in [-0.2, -0.15) is 14.9 Å². The Balaban J connectivity index is 1.79. The smallest absolute Gasteiger partial charge is 0.216 e. The fraction of sp³-hybridized carbons (Fsp3) is 0.167. The summed E-state index contributed by atoms with van der Waals surface area (Å²) in [5.74, 6) is 2.18. The van der Waals surface area contributed by atoms with Crippen molar-refractivity contribution >= 4 is 34.4 Å². The fourth-order valence-electron chi connectivity index (χ4n) is 2.37. The number of ether oxygens (including phenoxy) is 2. The van der Waals surface area contributed by atoms with Gasteiger partial charge in [-0.05, 0) is 83.1 Å². The number of hydrazone groups is 1. The van der Waals surface area contributed by atoms with Crippen LogP contribution in [0.25, 0.3) is 11.4 Å². The summed E-state index contributed by atoms with van der Waals surface area (Å²) >= 11 is 8.74. The van der Waals surface area contributed by atoms with Crippen LogP contribution in [0.4, 0.5) is 0 Å². The van der Waals surface area contributed by atoms with Gasteiger partial charge in [0.1, 0.15) is 11.5 Å². The highest BCUT2D eigenvalue weighted by Crippen LogP contribution is 2.25. The maximum Gasteiger partial charge on any atom is 0.216 e. The standard InChI is InChI=1S/C18H18BrN5O2S/c1-3-26-14-7-5-13(6-8-14)17-21-22-18(27)24(17)23-20-11-12-4-9-16(25-2)15(19)10-12/h4-11,23H,3H2,1-2H3,(H,22,27). The molecule has 7 nitrogen and oxygen atoms in total. The molecule has 0 amide bonds. The van der Waals surface area contributed by atoms with E-state index in [1.54, 1.807) is 18.0 Å². The Morgan fingerprint density at radius 2 is 2.07 bits per heavy atom. The molecule has 1 heterocycles. The maximum absolute atomic E-state index is 5.46. The molecule has 3 rings (SSSR count). The average molecular weight is 448 g/mol. The van der Waals surface area contributed by atoms with E-state index >= 15 is 0 Å². The summed E-state index contributed by atoms with van der Waals surface area (Å²) in [5.41, 5.74) is 4.68. The van der Waals surface area contributed by atoms with Crippen molar-refractivity contribution in [2.24, 2.45) is 5.10 Å². The van der Waals surface area contributed by atoms with Gasteiger partial charge in [0.2, 0.25) is 4.77 Å². The molecular weight excluding hydrogens is 430 g/mol. The number of aromatic amines is 1. The van der Waals surface area contributed by atoms with Crippen LogP contribution in [0, 0.1) is 4.77 Å². The third-order valence-electron chi connectivity index (χ3n) is 3.64. The van der Waals surface area contributed by atoms with Crippen LogP contribution >= 0.6 is 28.1 Å². The minimum absolute atomic E-state index is 0.409. The molecule has 0 atom stereocenters. The van der Waals surface area contributed by atoms with Crippen molar-refractivity contribution in [3.8, 4) is 22.9 Å². The lowest BCUT2D eigenvalue weighted by molar-refractivity contribution is 0.340. The first kappa shape index (κ1) is 19.1. The Labute approximate surface area is 170 Å². The molecule has 0 radical (unpaired) electrons. The van der Waals surface area contributed by atoms with Gasteiger partial charge in [0.25, 0.3) is 0 Å². The van der Waals surface area contributed by atoms with Crippen molar-refractivity contribution in [1.82, 2.24) is 14.9 Å². The number of hydrogen-bond acceptors (Lipinski definition) is 6. The zero-order valence-corrected chi connectivity index (χ0v) is 17.2. The third-order valence-corrected chi connectivity index (χ3v) is 4.54. The van der Waals surface area contributed by atoms with Crippen LogP contribution in [0.5, 0.6) is 11.5 Å². The SMILES string of the molecule is CCOc1ccc(-c2n[nH]c(=S)n2NN=Cc2ccc(OC)c(Br)c2)cc1. The molecule has 0 spiro atoms. The van der Waals surface area contributed by atoms with E-state index in [4.69, 9.17) is 21.7 Å². The van der Waals surface area contributed by atoms with E-state index in [2.05, 4.69) is 36.8 Å². The fourth-order valence-corrected chi connectivity index (χ4v) is 3.11. The van der Waals surface area contributed by atoms with Crippen molar-refractivity contribution in [1.29, 1.82) is 0 Å². The Morgan fingerprint density at radius 3 is 2.74 bits per heavy atom. The molecule has 0 saturated carbocycles. The molecule has 0 aliphatic heterocycles. The number of methoxy groups -OCH3 is 1. The Kier molecular flexibility index (Phi) is 6.25. The summed E-state index contributed by atoms with van der Waals surface area (Å²) in [7, 11) is 1.62. The maximum atomic E-state index is 5.46. The quantitative estimate of drug-likeness (QED) is 0.319. The number of aromatic nitrogens is 3. The summed E-state index contributed by atoms with van der Waals surface area (Å²) in [6.07, 6.45) is 1.68. The molecule has 0 unspecified atom stereocenters. The van der Waals surface area contributed by atoms with Crippen LogP contribution in [0.1, 0.15) is 12.5 Å². The number of hydrogen-bond donors (Lipinski definition) is 2. The van der Waals surface area contributed by atoms with Crippen LogP contribution in [0.3, 0.4) is 0 Å². The molecule has 140 valence electrons. The van der Waals surface area contributed by atoms with Gasteiger partial charge in [0, 0.05) is 5.56 Å². The second-order valence-corrected chi connectivity index (χ2v) is 6.64. The van der Waals surface area contributed by atoms with E-state index in [1.165, 1.54) is 0 Å². The summed E-state index contributed by atoms with van der Waals surface area (Å²) < 4.78 is 13.5. The van der Waals surface area contributed by atoms with Gasteiger partial charge in [-0.25, -0.2) is 10.6 Å². The van der Waals surface area contributed by atoms with Crippen molar-refractivity contribution in [3.63, 3.8) is 0 Å². The van der Waals surface area contributed by atoms with Gasteiger partial charge < -0.3 is 9.47 Å². The van der Waals surface area contributed by atoms with Crippen molar-refractivity contribution < 1.29 is 9.47 Å². The summed E-state index contributed by atoms with van der Waals surface area (Å²) in [6.45, 7) is 2.57. The highest BCUT2D eigenvalue weighted by atomic mass is 79.9. The van der Waals surface area contributed by atoms with Crippen molar-refractivity contribution in [3.05, 3.63) is 57.3 Å². The minimum Gasteiger partial charge on any atom is -0.496 e. The van der Waals surface area contributed by atoms with E-state index in [0.29, 0.717) is 17.2 Å². The number of nitrogens with one attached hydrogen (secondary N) is 2. The molecule has 1 aromatic heterocycles. The molecule has 0 aliphatic carbocycles. The van der Waals surface area contributed by atoms with Crippen molar-refractivity contribution in [2.75, 3.05) is 19.3 Å². The number of benzene rings is 2. The molecule has 0 fully saturated rings. The lowest BCUT2D eigenvalue weighted by Gasteiger charge is -2.07. The zero-order chi connectivity index (χ0) is 19.2. The Morgan fingerprint density at radius 1 is 1.30 bits per heavy atom. The highest BCUT2D eigenvalue weighted by Gasteiger charge is 2.08. The largest absolute Gasteiger partial charge is 0.496 e. The predicted octanol–water partition coefficient (Wildman–Crippen LogP) is 4.36. The molecule has 0 bridgehead atoms. The van der Waals surface area contributed by atoms with E-state index in [9.17, 15) is 0 Å². The van der Waals surface area contributed by atoms with E-state index in [0.717, 1.165) is 27.1 Å². The lowest BCUT2D eigenvalue weighted by Crippen LogP contribution is -2.10. The number of halogens is 1. The zero-order valence-electron chi connectivity index (χ0n) is 14.8. The molecule has 2 aromatic carbocycles. The molecule has 0 saturated heterocycles. The molecule has 27 heavy (non-hydrogen) atoms. The van der Waals surface area contributed by atoms with E-state index < -0.39 is 0 Å². The van der Waals surface area contributed by atoms with Crippen molar-refractivity contribution in [2.45, 2.75) is 6.92 Å². The van der Waals surface area contributed by atoms with Gasteiger partial charge in [0.15, 0.2) is 5.82 Å². The van der Waals surface area contributed by atoms with Crippen LogP contribution in [-0.4, -0.2) is 34.8 Å². The highest BCUT2D eigenvalue weighted by molar-refractivity contribution is 9.10. The van der Waals surface area contributed by atoms with Gasteiger partial charge in [-0.3, -0.25) is 0 Å². The van der Waals surface area contributed by atoms with Gasteiger partial charge in [-0.15, -0.1) is 0 Å². The van der Waals surface area contributed by atoms with Crippen LogP contribution in [0.2, 0.25) is 0 Å². The van der Waals surface area contributed by atoms with Gasteiger partial charge >= 0.3 is 0 Å². The number of rotatable bonds is 7. The lowest BCUT2D eigenvalue weighted by atomic mass is 10.2. The van der Waals surface area contributed by atoms with E-state index in [1.807, 2.05) is 49.4 Å². The second-order valence-electron chi connectivity index (χ2n) is 5.40. The molecule has 9 heteroatoms. The molecule has 3 aromatic rings. The molecule has 2 N–H and O–H groups in total. The predicted molar refractivity (Wildman–Crippen MR) is 112 cm³/mol. The number of nitrogens with zero attached hydrogens (tertiary/aromatic N) is 3. The average Bonchev–Trinajstić information content (AvgIpc) is 3.04.